The Bertz CT molecular complexity index is 914. The zero-order valence-corrected chi connectivity index (χ0v) is 17.8. The molecule has 0 bridgehead atoms. The van der Waals surface area contributed by atoms with Gasteiger partial charge in [0.1, 0.15) is 18.2 Å². The quantitative estimate of drug-likeness (QED) is 0.413. The molecule has 0 aliphatic carbocycles. The minimum absolute atomic E-state index is 0.260. The third-order valence-electron chi connectivity index (χ3n) is 4.17. The molecule has 0 aliphatic heterocycles. The molecule has 3 aromatic carbocycles. The summed E-state index contributed by atoms with van der Waals surface area (Å²) in [7, 11) is 3.27. The molecule has 0 saturated heterocycles. The number of hydrogen-bond acceptors (Lipinski definition) is 4. The molecule has 28 heavy (non-hydrogen) atoms. The Hall–Kier alpha value is -2.48. The van der Waals surface area contributed by atoms with E-state index in [-0.39, 0.29) is 5.82 Å². The summed E-state index contributed by atoms with van der Waals surface area (Å²) < 4.78 is 30.6. The van der Waals surface area contributed by atoms with Gasteiger partial charge in [-0.1, -0.05) is 12.1 Å². The predicted octanol–water partition coefficient (Wildman–Crippen LogP) is 5.64. The second-order valence-corrected chi connectivity index (χ2v) is 7.27. The van der Waals surface area contributed by atoms with Crippen LogP contribution >= 0.6 is 22.6 Å². The van der Waals surface area contributed by atoms with Crippen LogP contribution in [0.5, 0.6) is 17.2 Å². The number of benzene rings is 3. The van der Waals surface area contributed by atoms with E-state index in [4.69, 9.17) is 14.2 Å². The lowest BCUT2D eigenvalue weighted by atomic mass is 10.2. The van der Waals surface area contributed by atoms with Crippen LogP contribution in [0, 0.1) is 9.39 Å². The van der Waals surface area contributed by atoms with Gasteiger partial charge in [-0.25, -0.2) is 4.39 Å². The van der Waals surface area contributed by atoms with E-state index in [9.17, 15) is 4.39 Å². The monoisotopic (exact) mass is 493 g/mol. The lowest BCUT2D eigenvalue weighted by Crippen LogP contribution is -2.03. The van der Waals surface area contributed by atoms with E-state index in [1.54, 1.807) is 26.4 Å². The Morgan fingerprint density at radius 3 is 2.25 bits per heavy atom. The molecule has 0 spiro atoms. The van der Waals surface area contributed by atoms with Crippen molar-refractivity contribution in [1.82, 2.24) is 0 Å². The van der Waals surface area contributed by atoms with Crippen LogP contribution < -0.4 is 19.5 Å². The van der Waals surface area contributed by atoms with Gasteiger partial charge in [0.25, 0.3) is 0 Å². The maximum atomic E-state index is 13.0. The topological polar surface area (TPSA) is 39.7 Å². The molecule has 1 N–H and O–H groups in total. The molecule has 0 unspecified atom stereocenters. The summed E-state index contributed by atoms with van der Waals surface area (Å²) in [5.74, 6) is 1.91. The van der Waals surface area contributed by atoms with E-state index < -0.39 is 0 Å². The first-order valence-electron chi connectivity index (χ1n) is 8.70. The molecule has 3 rings (SSSR count). The van der Waals surface area contributed by atoms with Gasteiger partial charge in [-0.05, 0) is 82.2 Å². The van der Waals surface area contributed by atoms with Crippen LogP contribution in [0.15, 0.2) is 60.7 Å². The second kappa shape index (κ2) is 9.64. The third kappa shape index (κ3) is 5.28. The summed E-state index contributed by atoms with van der Waals surface area (Å²) in [6.07, 6.45) is 0. The number of ether oxygens (including phenoxy) is 3. The van der Waals surface area contributed by atoms with Gasteiger partial charge < -0.3 is 19.5 Å². The van der Waals surface area contributed by atoms with Crippen LogP contribution in [-0.4, -0.2) is 14.2 Å². The van der Waals surface area contributed by atoms with Gasteiger partial charge in [-0.15, -0.1) is 0 Å². The van der Waals surface area contributed by atoms with Crippen LogP contribution in [0.25, 0.3) is 0 Å². The van der Waals surface area contributed by atoms with E-state index in [2.05, 4.69) is 34.0 Å². The largest absolute Gasteiger partial charge is 0.497 e. The lowest BCUT2D eigenvalue weighted by Gasteiger charge is -2.15. The number of halogens is 2. The van der Waals surface area contributed by atoms with E-state index >= 15 is 0 Å². The Kier molecular flexibility index (Phi) is 6.97. The van der Waals surface area contributed by atoms with Gasteiger partial charge >= 0.3 is 0 Å². The molecular weight excluding hydrogens is 472 g/mol. The molecule has 0 saturated carbocycles. The van der Waals surface area contributed by atoms with Crippen molar-refractivity contribution in [2.24, 2.45) is 0 Å². The van der Waals surface area contributed by atoms with Gasteiger partial charge in [0.05, 0.1) is 17.8 Å². The van der Waals surface area contributed by atoms with Crippen LogP contribution in [0.3, 0.4) is 0 Å². The summed E-state index contributed by atoms with van der Waals surface area (Å²) in [6, 6.07) is 18.1. The van der Waals surface area contributed by atoms with Crippen LogP contribution in [0.2, 0.25) is 0 Å². The smallest absolute Gasteiger partial charge is 0.174 e. The van der Waals surface area contributed by atoms with Gasteiger partial charge in [0.2, 0.25) is 0 Å². The van der Waals surface area contributed by atoms with Gasteiger partial charge in [-0.3, -0.25) is 0 Å². The number of nitrogens with one attached hydrogen (secondary N) is 1. The van der Waals surface area contributed by atoms with Crippen molar-refractivity contribution < 1.29 is 18.6 Å². The van der Waals surface area contributed by atoms with Gasteiger partial charge in [-0.2, -0.15) is 0 Å². The molecule has 3 aromatic rings. The fourth-order valence-corrected chi connectivity index (χ4v) is 3.49. The van der Waals surface area contributed by atoms with Crippen molar-refractivity contribution in [3.8, 4) is 17.2 Å². The number of hydrogen-bond donors (Lipinski definition) is 1. The number of methoxy groups -OCH3 is 2. The summed E-state index contributed by atoms with van der Waals surface area (Å²) >= 11 is 2.24. The van der Waals surface area contributed by atoms with Crippen molar-refractivity contribution in [2.45, 2.75) is 13.2 Å². The molecule has 0 aromatic heterocycles. The van der Waals surface area contributed by atoms with Crippen molar-refractivity contribution in [3.63, 3.8) is 0 Å². The van der Waals surface area contributed by atoms with E-state index in [1.807, 2.05) is 30.3 Å². The molecule has 6 heteroatoms. The molecule has 146 valence electrons. The lowest BCUT2D eigenvalue weighted by molar-refractivity contribution is 0.282. The zero-order valence-electron chi connectivity index (χ0n) is 15.7. The Morgan fingerprint density at radius 1 is 0.893 bits per heavy atom. The first-order valence-corrected chi connectivity index (χ1v) is 9.78. The summed E-state index contributed by atoms with van der Waals surface area (Å²) in [5, 5.41) is 3.38. The van der Waals surface area contributed by atoms with Crippen LogP contribution in [0.1, 0.15) is 11.1 Å². The van der Waals surface area contributed by atoms with Crippen molar-refractivity contribution in [2.75, 3.05) is 19.5 Å². The summed E-state index contributed by atoms with van der Waals surface area (Å²) in [4.78, 5) is 0. The first-order chi connectivity index (χ1) is 13.6. The predicted molar refractivity (Wildman–Crippen MR) is 117 cm³/mol. The van der Waals surface area contributed by atoms with Crippen molar-refractivity contribution >= 4 is 28.3 Å². The fourth-order valence-electron chi connectivity index (χ4n) is 2.66. The molecular formula is C22H21FINO3. The van der Waals surface area contributed by atoms with Crippen molar-refractivity contribution in [3.05, 3.63) is 81.2 Å². The summed E-state index contributed by atoms with van der Waals surface area (Å²) in [6.45, 7) is 0.993. The highest BCUT2D eigenvalue weighted by molar-refractivity contribution is 14.1. The molecule has 0 heterocycles. The average molecular weight is 493 g/mol. The minimum atomic E-state index is -0.260. The molecule has 4 nitrogen and oxygen atoms in total. The number of anilines is 1. The second-order valence-electron chi connectivity index (χ2n) is 6.11. The summed E-state index contributed by atoms with van der Waals surface area (Å²) in [5.41, 5.74) is 2.97. The van der Waals surface area contributed by atoms with E-state index in [1.165, 1.54) is 12.1 Å². The normalized spacial score (nSPS) is 10.4. The maximum Gasteiger partial charge on any atom is 0.174 e. The van der Waals surface area contributed by atoms with Crippen molar-refractivity contribution in [1.29, 1.82) is 0 Å². The van der Waals surface area contributed by atoms with Gasteiger partial charge in [0, 0.05) is 12.2 Å². The minimum Gasteiger partial charge on any atom is -0.497 e. The van der Waals surface area contributed by atoms with Crippen LogP contribution in [-0.2, 0) is 13.2 Å². The Balaban J connectivity index is 1.68. The molecule has 0 radical (unpaired) electrons. The Morgan fingerprint density at radius 2 is 1.61 bits per heavy atom. The Labute approximate surface area is 177 Å². The van der Waals surface area contributed by atoms with E-state index in [0.717, 1.165) is 26.1 Å². The highest BCUT2D eigenvalue weighted by Crippen LogP contribution is 2.35. The first kappa shape index (κ1) is 20.3. The molecule has 0 amide bonds. The number of rotatable bonds is 8. The standard InChI is InChI=1S/C22H21FINO3/c1-26-19-9-7-18(8-10-19)25-13-16-11-20(24)22(21(12-16)27-2)28-14-15-3-5-17(23)6-4-15/h3-12,25H,13-14H2,1-2H3. The average Bonchev–Trinajstić information content (AvgIpc) is 2.72. The molecule has 0 fully saturated rings. The highest BCUT2D eigenvalue weighted by Gasteiger charge is 2.12. The maximum absolute atomic E-state index is 13.0. The SMILES string of the molecule is COc1ccc(NCc2cc(I)c(OCc3ccc(F)cc3)c(OC)c2)cc1. The van der Waals surface area contributed by atoms with E-state index in [0.29, 0.717) is 24.7 Å². The zero-order chi connectivity index (χ0) is 19.9. The molecule has 0 atom stereocenters. The van der Waals surface area contributed by atoms with Gasteiger partial charge in [0.15, 0.2) is 11.5 Å². The highest BCUT2D eigenvalue weighted by atomic mass is 127. The fraction of sp³-hybridized carbons (Fsp3) is 0.182. The molecule has 0 aliphatic rings. The third-order valence-corrected chi connectivity index (χ3v) is 4.97. The van der Waals surface area contributed by atoms with Crippen LogP contribution in [0.4, 0.5) is 10.1 Å².